The van der Waals surface area contributed by atoms with E-state index in [1.54, 1.807) is 29.5 Å². The summed E-state index contributed by atoms with van der Waals surface area (Å²) in [5, 5.41) is 5.60. The number of nitrogens with zero attached hydrogens (tertiary/aromatic N) is 1. The van der Waals surface area contributed by atoms with Gasteiger partial charge in [-0.3, -0.25) is 9.59 Å². The van der Waals surface area contributed by atoms with Gasteiger partial charge in [0.05, 0.1) is 17.1 Å². The number of hydrogen-bond acceptors (Lipinski definition) is 5. The first kappa shape index (κ1) is 18.7. The van der Waals surface area contributed by atoms with E-state index in [4.69, 9.17) is 4.74 Å². The minimum Gasteiger partial charge on any atom is -0.455 e. The Morgan fingerprint density at radius 1 is 1.19 bits per heavy atom. The second kappa shape index (κ2) is 8.55. The van der Waals surface area contributed by atoms with Gasteiger partial charge in [-0.25, -0.2) is 9.37 Å². The number of ether oxygens (including phenoxy) is 1. The highest BCUT2D eigenvalue weighted by atomic mass is 32.1. The lowest BCUT2D eigenvalue weighted by atomic mass is 10.1. The summed E-state index contributed by atoms with van der Waals surface area (Å²) in [6, 6.07) is 13.0. The lowest BCUT2D eigenvalue weighted by molar-refractivity contribution is -0.146. The minimum absolute atomic E-state index is 0.0935. The van der Waals surface area contributed by atoms with Crippen LogP contribution in [0.4, 0.5) is 10.1 Å². The number of thiazole rings is 1. The van der Waals surface area contributed by atoms with Crippen LogP contribution in [0, 0.1) is 12.7 Å². The second-order valence-corrected chi connectivity index (χ2v) is 6.91. The van der Waals surface area contributed by atoms with E-state index in [0.717, 1.165) is 16.3 Å². The molecular weight excluding hydrogens is 367 g/mol. The number of carbonyl (C=O) groups is 2. The molecule has 0 bridgehead atoms. The first-order valence-corrected chi connectivity index (χ1v) is 9.10. The summed E-state index contributed by atoms with van der Waals surface area (Å²) >= 11 is 1.55. The normalized spacial score (nSPS) is 10.4. The standard InChI is InChI=1S/C20H17FN2O3S/c1-13-22-18(12-27-13)15-5-3-7-17(10-15)23-19(24)11-26-20(25)9-14-4-2-6-16(21)8-14/h2-8,10,12H,9,11H2,1H3,(H,23,24). The van der Waals surface area contributed by atoms with Crippen LogP contribution in [0.2, 0.25) is 0 Å². The average molecular weight is 384 g/mol. The fraction of sp³-hybridized carbons (Fsp3) is 0.150. The lowest BCUT2D eigenvalue weighted by Crippen LogP contribution is -2.21. The zero-order valence-corrected chi connectivity index (χ0v) is 15.4. The predicted molar refractivity (Wildman–Crippen MR) is 102 cm³/mol. The van der Waals surface area contributed by atoms with E-state index >= 15 is 0 Å². The van der Waals surface area contributed by atoms with Crippen LogP contribution in [0.25, 0.3) is 11.3 Å². The molecule has 0 aliphatic heterocycles. The molecule has 2 aromatic carbocycles. The van der Waals surface area contributed by atoms with Crippen molar-refractivity contribution >= 4 is 28.9 Å². The molecule has 0 aliphatic rings. The van der Waals surface area contributed by atoms with E-state index in [-0.39, 0.29) is 6.42 Å². The van der Waals surface area contributed by atoms with Gasteiger partial charge in [0.15, 0.2) is 6.61 Å². The van der Waals surface area contributed by atoms with Crippen LogP contribution in [0.1, 0.15) is 10.6 Å². The summed E-state index contributed by atoms with van der Waals surface area (Å²) in [6.45, 7) is 1.52. The molecule has 5 nitrogen and oxygen atoms in total. The van der Waals surface area contributed by atoms with Crippen LogP contribution in [0.15, 0.2) is 53.9 Å². The van der Waals surface area contributed by atoms with Gasteiger partial charge in [-0.05, 0) is 36.8 Å². The first-order chi connectivity index (χ1) is 13.0. The Morgan fingerprint density at radius 3 is 2.74 bits per heavy atom. The number of hydrogen-bond donors (Lipinski definition) is 1. The van der Waals surface area contributed by atoms with Gasteiger partial charge >= 0.3 is 5.97 Å². The average Bonchev–Trinajstić information content (AvgIpc) is 3.07. The van der Waals surface area contributed by atoms with Gasteiger partial charge in [0, 0.05) is 16.6 Å². The molecule has 0 fully saturated rings. The zero-order chi connectivity index (χ0) is 19.2. The van der Waals surface area contributed by atoms with Crippen molar-refractivity contribution in [1.82, 2.24) is 4.98 Å². The molecule has 1 N–H and O–H groups in total. The fourth-order valence-corrected chi connectivity index (χ4v) is 3.08. The van der Waals surface area contributed by atoms with E-state index in [1.807, 2.05) is 24.4 Å². The molecule has 138 valence electrons. The minimum atomic E-state index is -0.595. The highest BCUT2D eigenvalue weighted by Crippen LogP contribution is 2.24. The van der Waals surface area contributed by atoms with E-state index in [0.29, 0.717) is 11.3 Å². The molecule has 27 heavy (non-hydrogen) atoms. The molecular formula is C20H17FN2O3S. The third-order valence-electron chi connectivity index (χ3n) is 3.66. The topological polar surface area (TPSA) is 68.3 Å². The highest BCUT2D eigenvalue weighted by molar-refractivity contribution is 7.09. The van der Waals surface area contributed by atoms with Crippen molar-refractivity contribution in [2.24, 2.45) is 0 Å². The summed E-state index contributed by atoms with van der Waals surface area (Å²) in [4.78, 5) is 28.2. The Morgan fingerprint density at radius 2 is 2.00 bits per heavy atom. The number of halogens is 1. The van der Waals surface area contributed by atoms with Crippen molar-refractivity contribution < 1.29 is 18.7 Å². The number of rotatable bonds is 6. The maximum absolute atomic E-state index is 13.1. The quantitative estimate of drug-likeness (QED) is 0.653. The van der Waals surface area contributed by atoms with Gasteiger partial charge in [-0.2, -0.15) is 0 Å². The third-order valence-corrected chi connectivity index (χ3v) is 4.44. The smallest absolute Gasteiger partial charge is 0.310 e. The van der Waals surface area contributed by atoms with Crippen LogP contribution in [-0.2, 0) is 20.7 Å². The van der Waals surface area contributed by atoms with Gasteiger partial charge in [-0.15, -0.1) is 11.3 Å². The van der Waals surface area contributed by atoms with Crippen molar-refractivity contribution in [2.75, 3.05) is 11.9 Å². The molecule has 1 amide bonds. The van der Waals surface area contributed by atoms with Crippen molar-refractivity contribution in [1.29, 1.82) is 0 Å². The summed E-state index contributed by atoms with van der Waals surface area (Å²) in [6.07, 6.45) is -0.0935. The number of carbonyl (C=O) groups excluding carboxylic acids is 2. The molecule has 0 saturated carbocycles. The van der Waals surface area contributed by atoms with Gasteiger partial charge in [-0.1, -0.05) is 24.3 Å². The number of benzene rings is 2. The van der Waals surface area contributed by atoms with Crippen LogP contribution in [-0.4, -0.2) is 23.5 Å². The molecule has 1 heterocycles. The number of aromatic nitrogens is 1. The first-order valence-electron chi connectivity index (χ1n) is 8.22. The van der Waals surface area contributed by atoms with Crippen molar-refractivity contribution in [3.8, 4) is 11.3 Å². The molecule has 0 atom stereocenters. The van der Waals surface area contributed by atoms with Crippen molar-refractivity contribution in [3.63, 3.8) is 0 Å². The van der Waals surface area contributed by atoms with Gasteiger partial charge < -0.3 is 10.1 Å². The maximum Gasteiger partial charge on any atom is 0.310 e. The molecule has 1 aromatic heterocycles. The van der Waals surface area contributed by atoms with Crippen LogP contribution in [0.5, 0.6) is 0 Å². The maximum atomic E-state index is 13.1. The summed E-state index contributed by atoms with van der Waals surface area (Å²) in [5.74, 6) is -1.47. The fourth-order valence-electron chi connectivity index (χ4n) is 2.46. The number of esters is 1. The Hall–Kier alpha value is -3.06. The Kier molecular flexibility index (Phi) is 5.93. The van der Waals surface area contributed by atoms with E-state index in [9.17, 15) is 14.0 Å². The number of aryl methyl sites for hydroxylation is 1. The largest absolute Gasteiger partial charge is 0.455 e. The van der Waals surface area contributed by atoms with E-state index in [2.05, 4.69) is 10.3 Å². The Balaban J connectivity index is 1.52. The van der Waals surface area contributed by atoms with Gasteiger partial charge in [0.1, 0.15) is 5.82 Å². The van der Waals surface area contributed by atoms with E-state index < -0.39 is 24.3 Å². The van der Waals surface area contributed by atoms with Crippen molar-refractivity contribution in [2.45, 2.75) is 13.3 Å². The molecule has 0 unspecified atom stereocenters. The summed E-state index contributed by atoms with van der Waals surface area (Å²) in [7, 11) is 0. The Labute approximate surface area is 159 Å². The number of nitrogens with one attached hydrogen (secondary N) is 1. The third kappa shape index (κ3) is 5.46. The number of anilines is 1. The summed E-state index contributed by atoms with van der Waals surface area (Å²) in [5.41, 5.74) is 2.81. The molecule has 3 rings (SSSR count). The number of amides is 1. The SMILES string of the molecule is Cc1nc(-c2cccc(NC(=O)COC(=O)Cc3cccc(F)c3)c2)cs1. The molecule has 0 radical (unpaired) electrons. The van der Waals surface area contributed by atoms with Gasteiger partial charge in [0.2, 0.25) is 0 Å². The molecule has 3 aromatic rings. The van der Waals surface area contributed by atoms with Crippen molar-refractivity contribution in [3.05, 3.63) is 70.3 Å². The molecule has 0 aliphatic carbocycles. The van der Waals surface area contributed by atoms with Crippen LogP contribution in [0.3, 0.4) is 0 Å². The van der Waals surface area contributed by atoms with Crippen LogP contribution >= 0.6 is 11.3 Å². The lowest BCUT2D eigenvalue weighted by Gasteiger charge is -2.08. The molecule has 0 saturated heterocycles. The van der Waals surface area contributed by atoms with Gasteiger partial charge in [0.25, 0.3) is 5.91 Å². The van der Waals surface area contributed by atoms with Crippen LogP contribution < -0.4 is 5.32 Å². The molecule has 7 heteroatoms. The summed E-state index contributed by atoms with van der Waals surface area (Å²) < 4.78 is 18.1. The van der Waals surface area contributed by atoms with E-state index in [1.165, 1.54) is 18.2 Å². The highest BCUT2D eigenvalue weighted by Gasteiger charge is 2.10. The zero-order valence-electron chi connectivity index (χ0n) is 14.6. The Bertz CT molecular complexity index is 971. The molecule has 0 spiro atoms. The monoisotopic (exact) mass is 384 g/mol. The predicted octanol–water partition coefficient (Wildman–Crippen LogP) is 3.98. The second-order valence-electron chi connectivity index (χ2n) is 5.85.